The first-order valence-electron chi connectivity index (χ1n) is 4.49. The van der Waals surface area contributed by atoms with Gasteiger partial charge in [-0.15, -0.1) is 0 Å². The molecule has 1 aliphatic heterocycles. The second-order valence-electron chi connectivity index (χ2n) is 3.91. The Kier molecular flexibility index (Phi) is 3.09. The summed E-state index contributed by atoms with van der Waals surface area (Å²) >= 11 is 0. The number of amides is 1. The van der Waals surface area contributed by atoms with Crippen molar-refractivity contribution in [3.63, 3.8) is 0 Å². The molecule has 1 unspecified atom stereocenters. The second kappa shape index (κ2) is 3.73. The van der Waals surface area contributed by atoms with E-state index >= 15 is 0 Å². The number of carbonyl (C=O) groups excluding carboxylic acids is 1. The van der Waals surface area contributed by atoms with Crippen LogP contribution in [0.1, 0.15) is 13.8 Å². The zero-order chi connectivity index (χ0) is 11.9. The van der Waals surface area contributed by atoms with E-state index in [-0.39, 0.29) is 6.61 Å². The number of hydrogen-bond acceptors (Lipinski definition) is 5. The van der Waals surface area contributed by atoms with Gasteiger partial charge in [-0.2, -0.15) is 0 Å². The third kappa shape index (κ3) is 1.54. The Hall–Kier alpha value is -0.660. The van der Waals surface area contributed by atoms with Gasteiger partial charge in [-0.1, -0.05) is 0 Å². The van der Waals surface area contributed by atoms with E-state index in [9.17, 15) is 13.2 Å². The van der Waals surface area contributed by atoms with Crippen LogP contribution in [-0.2, 0) is 19.6 Å². The first-order chi connectivity index (χ1) is 6.80. The molecule has 0 spiro atoms. The predicted octanol–water partition coefficient (Wildman–Crippen LogP) is -1.06. The molecule has 6 nitrogen and oxygen atoms in total. The lowest BCUT2D eigenvalue weighted by Crippen LogP contribution is -2.71. The van der Waals surface area contributed by atoms with Gasteiger partial charge in [-0.3, -0.25) is 4.79 Å². The fourth-order valence-corrected chi connectivity index (χ4v) is 3.09. The molecule has 1 fully saturated rings. The average Bonchev–Trinajstić information content (AvgIpc) is 2.16. The van der Waals surface area contributed by atoms with Gasteiger partial charge in [-0.25, -0.2) is 12.7 Å². The molecule has 0 aliphatic carbocycles. The van der Waals surface area contributed by atoms with Crippen molar-refractivity contribution >= 4 is 15.9 Å². The van der Waals surface area contributed by atoms with E-state index < -0.39 is 33.3 Å². The monoisotopic (exact) mass is 237 g/mol. The van der Waals surface area contributed by atoms with E-state index in [1.54, 1.807) is 0 Å². The number of aliphatic hydroxyl groups excluding tert-OH is 1. The summed E-state index contributed by atoms with van der Waals surface area (Å²) in [6, 6.07) is -0.819. The molecule has 1 saturated heterocycles. The fraction of sp³-hybridized carbons (Fsp3) is 0.875. The van der Waals surface area contributed by atoms with Crippen LogP contribution in [-0.4, -0.2) is 54.8 Å². The number of rotatable bonds is 4. The van der Waals surface area contributed by atoms with Crippen LogP contribution in [0.2, 0.25) is 0 Å². The molecule has 1 heterocycles. The first-order valence-corrected chi connectivity index (χ1v) is 5.93. The van der Waals surface area contributed by atoms with Crippen molar-refractivity contribution in [3.05, 3.63) is 0 Å². The SMILES string of the molecule is COCC(CO)N1C(=O)C(C)(C)S1(=O)=O. The van der Waals surface area contributed by atoms with Crippen LogP contribution < -0.4 is 0 Å². The van der Waals surface area contributed by atoms with Gasteiger partial charge in [0.15, 0.2) is 4.75 Å². The molecule has 0 saturated carbocycles. The molecule has 1 atom stereocenters. The maximum atomic E-state index is 11.7. The number of carbonyl (C=O) groups is 1. The molecule has 1 aliphatic rings. The second-order valence-corrected chi connectivity index (χ2v) is 6.27. The van der Waals surface area contributed by atoms with E-state index in [2.05, 4.69) is 0 Å². The number of ether oxygens (including phenoxy) is 1. The van der Waals surface area contributed by atoms with Crippen LogP contribution in [0.15, 0.2) is 0 Å². The molecular formula is C8H15NO5S. The maximum absolute atomic E-state index is 11.7. The van der Waals surface area contributed by atoms with Gasteiger partial charge in [-0.05, 0) is 13.8 Å². The molecular weight excluding hydrogens is 222 g/mol. The van der Waals surface area contributed by atoms with Gasteiger partial charge in [0.25, 0.3) is 15.9 Å². The van der Waals surface area contributed by atoms with Gasteiger partial charge in [0, 0.05) is 7.11 Å². The van der Waals surface area contributed by atoms with E-state index in [0.717, 1.165) is 0 Å². The fourth-order valence-electron chi connectivity index (χ4n) is 1.44. The lowest BCUT2D eigenvalue weighted by molar-refractivity contribution is -0.135. The van der Waals surface area contributed by atoms with E-state index in [0.29, 0.717) is 4.31 Å². The summed E-state index contributed by atoms with van der Waals surface area (Å²) in [6.45, 7) is 2.26. The molecule has 1 N–H and O–H groups in total. The number of aliphatic hydroxyl groups is 1. The minimum absolute atomic E-state index is 0.00243. The van der Waals surface area contributed by atoms with Gasteiger partial charge < -0.3 is 9.84 Å². The van der Waals surface area contributed by atoms with Crippen molar-refractivity contribution in [2.45, 2.75) is 24.6 Å². The van der Waals surface area contributed by atoms with Crippen LogP contribution in [0.5, 0.6) is 0 Å². The Morgan fingerprint density at radius 1 is 1.53 bits per heavy atom. The van der Waals surface area contributed by atoms with E-state index in [1.807, 2.05) is 0 Å². The zero-order valence-electron chi connectivity index (χ0n) is 8.93. The van der Waals surface area contributed by atoms with Crippen molar-refractivity contribution < 1.29 is 23.1 Å². The molecule has 0 aromatic carbocycles. The normalized spacial score (nSPS) is 24.8. The molecule has 7 heteroatoms. The van der Waals surface area contributed by atoms with Gasteiger partial charge >= 0.3 is 0 Å². The summed E-state index contributed by atoms with van der Waals surface area (Å²) < 4.78 is 27.5. The molecule has 1 amide bonds. The Morgan fingerprint density at radius 3 is 2.40 bits per heavy atom. The highest BCUT2D eigenvalue weighted by Crippen LogP contribution is 2.36. The quantitative estimate of drug-likeness (QED) is 0.674. The van der Waals surface area contributed by atoms with Gasteiger partial charge in [0.2, 0.25) is 0 Å². The van der Waals surface area contributed by atoms with Crippen molar-refractivity contribution in [2.24, 2.45) is 0 Å². The summed E-state index contributed by atoms with van der Waals surface area (Å²) in [4.78, 5) is 11.6. The highest BCUT2D eigenvalue weighted by Gasteiger charge is 2.62. The number of hydrogen-bond donors (Lipinski definition) is 1. The molecule has 15 heavy (non-hydrogen) atoms. The number of nitrogens with zero attached hydrogens (tertiary/aromatic N) is 1. The summed E-state index contributed by atoms with van der Waals surface area (Å²) in [5.74, 6) is -0.501. The number of methoxy groups -OCH3 is 1. The summed E-state index contributed by atoms with van der Waals surface area (Å²) in [7, 11) is -2.26. The highest BCUT2D eigenvalue weighted by molar-refractivity contribution is 7.94. The Morgan fingerprint density at radius 2 is 2.07 bits per heavy atom. The zero-order valence-corrected chi connectivity index (χ0v) is 9.74. The molecule has 0 aromatic rings. The number of sulfonamides is 1. The Bertz CT molecular complexity index is 361. The minimum Gasteiger partial charge on any atom is -0.394 e. The lowest BCUT2D eigenvalue weighted by atomic mass is 10.1. The van der Waals surface area contributed by atoms with Crippen molar-refractivity contribution in [2.75, 3.05) is 20.3 Å². The minimum atomic E-state index is -3.64. The molecule has 1 rings (SSSR count). The third-order valence-electron chi connectivity index (χ3n) is 2.52. The topological polar surface area (TPSA) is 83.9 Å². The van der Waals surface area contributed by atoms with Crippen LogP contribution in [0.4, 0.5) is 0 Å². The third-order valence-corrected chi connectivity index (χ3v) is 4.97. The summed E-state index contributed by atoms with van der Waals surface area (Å²) in [6.07, 6.45) is 0. The Balaban J connectivity index is 2.95. The highest BCUT2D eigenvalue weighted by atomic mass is 32.2. The van der Waals surface area contributed by atoms with Crippen LogP contribution >= 0.6 is 0 Å². The van der Waals surface area contributed by atoms with E-state index in [1.165, 1.54) is 21.0 Å². The Labute approximate surface area is 88.9 Å². The largest absolute Gasteiger partial charge is 0.394 e. The van der Waals surface area contributed by atoms with Crippen molar-refractivity contribution in [1.82, 2.24) is 4.31 Å². The van der Waals surface area contributed by atoms with Crippen LogP contribution in [0.25, 0.3) is 0 Å². The van der Waals surface area contributed by atoms with Crippen molar-refractivity contribution in [1.29, 1.82) is 0 Å². The summed E-state index contributed by atoms with van der Waals surface area (Å²) in [5.41, 5.74) is 0. The van der Waals surface area contributed by atoms with E-state index in [4.69, 9.17) is 9.84 Å². The molecule has 88 valence electrons. The smallest absolute Gasteiger partial charge is 0.259 e. The van der Waals surface area contributed by atoms with Crippen molar-refractivity contribution in [3.8, 4) is 0 Å². The standard InChI is InChI=1S/C8H15NO5S/c1-8(2)7(11)9(15(8,12)13)6(4-10)5-14-3/h6,10H,4-5H2,1-3H3. The average molecular weight is 237 g/mol. The molecule has 0 bridgehead atoms. The molecule has 0 aromatic heterocycles. The van der Waals surface area contributed by atoms with Crippen LogP contribution in [0.3, 0.4) is 0 Å². The van der Waals surface area contributed by atoms with Gasteiger partial charge in [0.05, 0.1) is 19.3 Å². The maximum Gasteiger partial charge on any atom is 0.259 e. The van der Waals surface area contributed by atoms with Gasteiger partial charge in [0.1, 0.15) is 0 Å². The van der Waals surface area contributed by atoms with Crippen LogP contribution in [0, 0.1) is 0 Å². The lowest BCUT2D eigenvalue weighted by Gasteiger charge is -2.46. The predicted molar refractivity (Wildman–Crippen MR) is 52.6 cm³/mol. The molecule has 0 radical (unpaired) electrons. The summed E-state index contributed by atoms with van der Waals surface area (Å²) in [5, 5.41) is 8.97. The first kappa shape index (κ1) is 12.4.